The zero-order valence-corrected chi connectivity index (χ0v) is 16.0. The van der Waals surface area contributed by atoms with Gasteiger partial charge in [0.1, 0.15) is 23.1 Å². The van der Waals surface area contributed by atoms with Crippen LogP contribution < -0.4 is 14.2 Å². The molecule has 0 fully saturated rings. The van der Waals surface area contributed by atoms with E-state index in [2.05, 4.69) is 10.2 Å². The lowest BCUT2D eigenvalue weighted by atomic mass is 10.1. The number of methoxy groups -OCH3 is 2. The van der Waals surface area contributed by atoms with Gasteiger partial charge in [-0.15, -0.1) is 10.2 Å². The van der Waals surface area contributed by atoms with Crippen molar-refractivity contribution in [1.29, 1.82) is 0 Å². The number of halogens is 1. The van der Waals surface area contributed by atoms with E-state index in [1.165, 1.54) is 23.9 Å². The molecule has 0 saturated carbocycles. The molecule has 2 aromatic carbocycles. The third-order valence-corrected chi connectivity index (χ3v) is 4.97. The van der Waals surface area contributed by atoms with E-state index in [-0.39, 0.29) is 12.6 Å². The highest BCUT2D eigenvalue weighted by Crippen LogP contribution is 2.35. The van der Waals surface area contributed by atoms with Gasteiger partial charge in [-0.2, -0.15) is 0 Å². The Morgan fingerprint density at radius 3 is 2.61 bits per heavy atom. The smallest absolute Gasteiger partial charge is 0.277 e. The van der Waals surface area contributed by atoms with E-state index in [1.54, 1.807) is 32.4 Å². The average molecular weight is 404 g/mol. The number of aromatic nitrogens is 2. The number of rotatable bonds is 6. The topological polar surface area (TPSA) is 75.8 Å². The van der Waals surface area contributed by atoms with Crippen molar-refractivity contribution in [3.63, 3.8) is 0 Å². The molecule has 1 aliphatic heterocycles. The summed E-state index contributed by atoms with van der Waals surface area (Å²) >= 11 is 1.30. The highest BCUT2D eigenvalue weighted by atomic mass is 32.2. The van der Waals surface area contributed by atoms with Gasteiger partial charge in [-0.3, -0.25) is 0 Å². The molecule has 0 bridgehead atoms. The Balaban J connectivity index is 1.53. The summed E-state index contributed by atoms with van der Waals surface area (Å²) in [6.07, 6.45) is 0. The number of hydrogen-bond acceptors (Lipinski definition) is 8. The molecule has 0 saturated heterocycles. The van der Waals surface area contributed by atoms with Crippen molar-refractivity contribution < 1.29 is 27.8 Å². The summed E-state index contributed by atoms with van der Waals surface area (Å²) in [4.78, 5) is 0. The third kappa shape index (κ3) is 3.90. The van der Waals surface area contributed by atoms with E-state index in [0.717, 1.165) is 0 Å². The summed E-state index contributed by atoms with van der Waals surface area (Å²) in [7, 11) is 3.14. The second kappa shape index (κ2) is 8.07. The predicted molar refractivity (Wildman–Crippen MR) is 99.1 cm³/mol. The van der Waals surface area contributed by atoms with Crippen molar-refractivity contribution in [1.82, 2.24) is 10.2 Å². The second-order valence-electron chi connectivity index (χ2n) is 5.93. The summed E-state index contributed by atoms with van der Waals surface area (Å²) in [5.41, 5.74) is 2.09. The van der Waals surface area contributed by atoms with Crippen LogP contribution in [0.4, 0.5) is 4.39 Å². The maximum absolute atomic E-state index is 13.9. The maximum atomic E-state index is 13.9. The minimum atomic E-state index is -0.335. The molecule has 2 heterocycles. The lowest BCUT2D eigenvalue weighted by Crippen LogP contribution is -2.13. The Morgan fingerprint density at radius 2 is 1.86 bits per heavy atom. The van der Waals surface area contributed by atoms with Crippen LogP contribution in [0.1, 0.15) is 11.1 Å². The van der Waals surface area contributed by atoms with Crippen LogP contribution in [0.5, 0.6) is 17.2 Å². The fourth-order valence-corrected chi connectivity index (χ4v) is 3.55. The van der Waals surface area contributed by atoms with E-state index in [9.17, 15) is 4.39 Å². The summed E-state index contributed by atoms with van der Waals surface area (Å²) < 4.78 is 40.8. The highest BCUT2D eigenvalue weighted by molar-refractivity contribution is 7.98. The van der Waals surface area contributed by atoms with Crippen molar-refractivity contribution in [2.45, 2.75) is 17.6 Å². The van der Waals surface area contributed by atoms with Gasteiger partial charge in [-0.1, -0.05) is 11.8 Å². The molecule has 0 radical (unpaired) electrons. The number of benzene rings is 2. The van der Waals surface area contributed by atoms with Gasteiger partial charge in [-0.25, -0.2) is 4.39 Å². The minimum Gasteiger partial charge on any atom is -0.497 e. The molecule has 146 valence electrons. The van der Waals surface area contributed by atoms with Gasteiger partial charge in [0.15, 0.2) is 6.79 Å². The highest BCUT2D eigenvalue weighted by Gasteiger charge is 2.18. The monoisotopic (exact) mass is 404 g/mol. The fraction of sp³-hybridized carbons (Fsp3) is 0.263. The maximum Gasteiger partial charge on any atom is 0.277 e. The zero-order chi connectivity index (χ0) is 19.5. The number of hydrogen-bond donors (Lipinski definition) is 0. The van der Waals surface area contributed by atoms with Gasteiger partial charge in [0, 0.05) is 28.5 Å². The van der Waals surface area contributed by atoms with Crippen molar-refractivity contribution in [3.05, 3.63) is 47.3 Å². The summed E-state index contributed by atoms with van der Waals surface area (Å²) in [5.74, 6) is 2.31. The summed E-state index contributed by atoms with van der Waals surface area (Å²) in [6.45, 7) is 0.478. The van der Waals surface area contributed by atoms with E-state index in [4.69, 9.17) is 23.4 Å². The molecule has 7 nitrogen and oxygen atoms in total. The molecule has 0 N–H and O–H groups in total. The molecular formula is C19H17FN2O5S. The fourth-order valence-electron chi connectivity index (χ4n) is 2.82. The van der Waals surface area contributed by atoms with Crippen molar-refractivity contribution in [3.8, 4) is 28.7 Å². The van der Waals surface area contributed by atoms with Crippen LogP contribution >= 0.6 is 11.8 Å². The molecule has 0 aliphatic carbocycles. The van der Waals surface area contributed by atoms with Crippen LogP contribution in [0.15, 0.2) is 40.0 Å². The molecule has 0 spiro atoms. The zero-order valence-electron chi connectivity index (χ0n) is 15.2. The SMILES string of the molecule is COc1cc(OC)cc(-c2nnc(SCc3cc(F)cc4c3OCOC4)o2)c1. The molecule has 4 rings (SSSR count). The van der Waals surface area contributed by atoms with E-state index >= 15 is 0 Å². The van der Waals surface area contributed by atoms with Crippen LogP contribution in [0, 0.1) is 5.82 Å². The van der Waals surface area contributed by atoms with Crippen LogP contribution in [0.2, 0.25) is 0 Å². The first-order valence-electron chi connectivity index (χ1n) is 8.38. The number of nitrogens with zero attached hydrogens (tertiary/aromatic N) is 2. The summed E-state index contributed by atoms with van der Waals surface area (Å²) in [6, 6.07) is 8.18. The predicted octanol–water partition coefficient (Wildman–Crippen LogP) is 4.05. The van der Waals surface area contributed by atoms with Gasteiger partial charge >= 0.3 is 0 Å². The normalized spacial score (nSPS) is 13.0. The van der Waals surface area contributed by atoms with Crippen LogP contribution in [-0.4, -0.2) is 31.2 Å². The van der Waals surface area contributed by atoms with E-state index in [0.29, 0.717) is 57.4 Å². The van der Waals surface area contributed by atoms with Crippen molar-refractivity contribution >= 4 is 11.8 Å². The molecule has 28 heavy (non-hydrogen) atoms. The van der Waals surface area contributed by atoms with Crippen LogP contribution in [0.3, 0.4) is 0 Å². The van der Waals surface area contributed by atoms with E-state index in [1.807, 2.05) is 0 Å². The van der Waals surface area contributed by atoms with Gasteiger partial charge in [0.25, 0.3) is 5.22 Å². The first-order chi connectivity index (χ1) is 13.7. The second-order valence-corrected chi connectivity index (χ2v) is 6.85. The van der Waals surface area contributed by atoms with Crippen LogP contribution in [-0.2, 0) is 17.1 Å². The number of ether oxygens (including phenoxy) is 4. The lowest BCUT2D eigenvalue weighted by molar-refractivity contribution is -0.0171. The van der Waals surface area contributed by atoms with E-state index < -0.39 is 0 Å². The number of fused-ring (bicyclic) bond motifs is 1. The Kier molecular flexibility index (Phi) is 5.36. The molecular weight excluding hydrogens is 387 g/mol. The molecule has 0 unspecified atom stereocenters. The van der Waals surface area contributed by atoms with Crippen LogP contribution in [0.25, 0.3) is 11.5 Å². The lowest BCUT2D eigenvalue weighted by Gasteiger charge is -2.20. The molecule has 1 aromatic heterocycles. The molecule has 0 amide bonds. The van der Waals surface area contributed by atoms with Gasteiger partial charge in [0.05, 0.1) is 20.8 Å². The Bertz CT molecular complexity index is 972. The van der Waals surface area contributed by atoms with Crippen molar-refractivity contribution in [2.75, 3.05) is 21.0 Å². The Hall–Kier alpha value is -2.78. The van der Waals surface area contributed by atoms with Gasteiger partial charge < -0.3 is 23.4 Å². The van der Waals surface area contributed by atoms with Gasteiger partial charge in [0.2, 0.25) is 5.89 Å². The minimum absolute atomic E-state index is 0.151. The Morgan fingerprint density at radius 1 is 1.07 bits per heavy atom. The standard InChI is InChI=1S/C19H17FN2O5S/c1-23-15-5-11(6-16(7-15)24-2)18-21-22-19(27-18)28-9-13-4-14(20)3-12-8-25-10-26-17(12)13/h3-7H,8-10H2,1-2H3. The summed E-state index contributed by atoms with van der Waals surface area (Å²) in [5, 5.41) is 8.50. The largest absolute Gasteiger partial charge is 0.497 e. The molecule has 1 aliphatic rings. The third-order valence-electron chi connectivity index (χ3n) is 4.11. The molecule has 0 atom stereocenters. The average Bonchev–Trinajstić information content (AvgIpc) is 3.20. The number of thioether (sulfide) groups is 1. The van der Waals surface area contributed by atoms with Crippen molar-refractivity contribution in [2.24, 2.45) is 0 Å². The van der Waals surface area contributed by atoms with Gasteiger partial charge in [-0.05, 0) is 24.3 Å². The first kappa shape index (κ1) is 18.6. The quantitative estimate of drug-likeness (QED) is 0.570. The molecule has 3 aromatic rings. The molecule has 9 heteroatoms. The Labute approximate surface area is 164 Å². The first-order valence-corrected chi connectivity index (χ1v) is 9.36.